The van der Waals surface area contributed by atoms with Gasteiger partial charge in [-0.3, -0.25) is 9.69 Å². The van der Waals surface area contributed by atoms with Crippen LogP contribution < -0.4 is 0 Å². The number of hydrogen-bond donors (Lipinski definition) is 0. The third kappa shape index (κ3) is 3.11. The Morgan fingerprint density at radius 2 is 1.52 bits per heavy atom. The maximum atomic E-state index is 12.8. The predicted octanol–water partition coefficient (Wildman–Crippen LogP) is 1.52. The maximum Gasteiger partial charge on any atom is 0.327 e. The van der Waals surface area contributed by atoms with Gasteiger partial charge in [0.1, 0.15) is 6.04 Å². The summed E-state index contributed by atoms with van der Waals surface area (Å²) in [6.07, 6.45) is 0. The van der Waals surface area contributed by atoms with Crippen LogP contribution in [0.1, 0.15) is 5.56 Å². The molecule has 2 aromatic rings. The number of sulfonamides is 1. The highest BCUT2D eigenvalue weighted by atomic mass is 32.2. The van der Waals surface area contributed by atoms with Gasteiger partial charge >= 0.3 is 6.03 Å². The summed E-state index contributed by atoms with van der Waals surface area (Å²) in [6.45, 7) is 0.544. The van der Waals surface area contributed by atoms with Gasteiger partial charge in [0.05, 0.1) is 11.4 Å². The molecule has 2 aromatic carbocycles. The van der Waals surface area contributed by atoms with Crippen molar-refractivity contribution in [3.05, 3.63) is 66.2 Å². The summed E-state index contributed by atoms with van der Waals surface area (Å²) in [5.41, 5.74) is 0.854. The van der Waals surface area contributed by atoms with Gasteiger partial charge in [-0.2, -0.15) is 4.31 Å². The van der Waals surface area contributed by atoms with E-state index in [0.717, 1.165) is 5.56 Å². The molecule has 7 nitrogen and oxygen atoms in total. The molecule has 2 aliphatic rings. The van der Waals surface area contributed by atoms with Crippen molar-refractivity contribution in [2.24, 2.45) is 0 Å². The van der Waals surface area contributed by atoms with Crippen molar-refractivity contribution >= 4 is 22.0 Å². The molecule has 0 unspecified atom stereocenters. The molecule has 8 heteroatoms. The van der Waals surface area contributed by atoms with Gasteiger partial charge in [-0.05, 0) is 17.7 Å². The first-order chi connectivity index (χ1) is 13.0. The molecule has 0 saturated carbocycles. The summed E-state index contributed by atoms with van der Waals surface area (Å²) in [6, 6.07) is 16.3. The number of rotatable bonds is 4. The van der Waals surface area contributed by atoms with E-state index in [4.69, 9.17) is 0 Å². The van der Waals surface area contributed by atoms with Crippen LogP contribution in [0.15, 0.2) is 65.6 Å². The number of imide groups is 1. The highest BCUT2D eigenvalue weighted by Gasteiger charge is 2.49. The fraction of sp³-hybridized carbons (Fsp3) is 0.263. The molecule has 2 fully saturated rings. The predicted molar refractivity (Wildman–Crippen MR) is 98.1 cm³/mol. The van der Waals surface area contributed by atoms with Crippen molar-refractivity contribution in [1.82, 2.24) is 14.1 Å². The summed E-state index contributed by atoms with van der Waals surface area (Å²) < 4.78 is 27.0. The number of nitrogens with zero attached hydrogens (tertiary/aromatic N) is 3. The van der Waals surface area contributed by atoms with E-state index < -0.39 is 16.1 Å². The number of amides is 3. The van der Waals surface area contributed by atoms with Crippen LogP contribution in [0, 0.1) is 0 Å². The molecular formula is C19H19N3O4S. The average molecular weight is 385 g/mol. The van der Waals surface area contributed by atoms with Gasteiger partial charge in [-0.15, -0.1) is 0 Å². The fourth-order valence-electron chi connectivity index (χ4n) is 3.50. The fourth-order valence-corrected chi connectivity index (χ4v) is 4.96. The Bertz CT molecular complexity index is 963. The minimum absolute atomic E-state index is 0.0207. The van der Waals surface area contributed by atoms with Gasteiger partial charge < -0.3 is 4.90 Å². The zero-order chi connectivity index (χ0) is 19.0. The van der Waals surface area contributed by atoms with E-state index in [0.29, 0.717) is 0 Å². The Balaban J connectivity index is 1.55. The second kappa shape index (κ2) is 6.79. The molecule has 0 aromatic heterocycles. The lowest BCUT2D eigenvalue weighted by molar-refractivity contribution is -0.129. The summed E-state index contributed by atoms with van der Waals surface area (Å²) in [5, 5.41) is 0. The van der Waals surface area contributed by atoms with E-state index in [1.807, 2.05) is 30.3 Å². The first kappa shape index (κ1) is 17.7. The second-order valence-electron chi connectivity index (χ2n) is 6.58. The number of benzene rings is 2. The largest absolute Gasteiger partial charge is 0.327 e. The number of carbonyl (C=O) groups is 2. The molecular weight excluding hydrogens is 366 g/mol. The Hall–Kier alpha value is -2.71. The Kier molecular flexibility index (Phi) is 4.45. The zero-order valence-corrected chi connectivity index (χ0v) is 15.4. The van der Waals surface area contributed by atoms with Crippen molar-refractivity contribution in [2.45, 2.75) is 17.5 Å². The van der Waals surface area contributed by atoms with Crippen LogP contribution in [-0.2, 0) is 21.4 Å². The highest BCUT2D eigenvalue weighted by molar-refractivity contribution is 7.89. The monoisotopic (exact) mass is 385 g/mol. The molecule has 0 N–H and O–H groups in total. The van der Waals surface area contributed by atoms with Crippen molar-refractivity contribution < 1.29 is 18.0 Å². The van der Waals surface area contributed by atoms with Gasteiger partial charge in [0.25, 0.3) is 5.91 Å². The molecule has 0 bridgehead atoms. The van der Waals surface area contributed by atoms with Crippen LogP contribution in [0.4, 0.5) is 4.79 Å². The van der Waals surface area contributed by atoms with E-state index in [-0.39, 0.29) is 43.0 Å². The summed E-state index contributed by atoms with van der Waals surface area (Å²) >= 11 is 0. The lowest BCUT2D eigenvalue weighted by Gasteiger charge is -2.34. The zero-order valence-electron chi connectivity index (χ0n) is 14.6. The first-order valence-electron chi connectivity index (χ1n) is 8.69. The van der Waals surface area contributed by atoms with E-state index in [1.165, 1.54) is 26.2 Å². The van der Waals surface area contributed by atoms with Crippen LogP contribution in [0.2, 0.25) is 0 Å². The molecule has 2 aliphatic heterocycles. The average Bonchev–Trinajstić information content (AvgIpc) is 2.94. The molecule has 2 saturated heterocycles. The Labute approximate surface area is 157 Å². The topological polar surface area (TPSA) is 78.0 Å². The van der Waals surface area contributed by atoms with Gasteiger partial charge in [0.2, 0.25) is 10.0 Å². The Morgan fingerprint density at radius 3 is 2.19 bits per heavy atom. The third-order valence-electron chi connectivity index (χ3n) is 4.94. The smallest absolute Gasteiger partial charge is 0.310 e. The van der Waals surface area contributed by atoms with Crippen LogP contribution in [0.25, 0.3) is 0 Å². The van der Waals surface area contributed by atoms with Crippen LogP contribution >= 0.6 is 0 Å². The molecule has 2 heterocycles. The van der Waals surface area contributed by atoms with Gasteiger partial charge in [0, 0.05) is 19.6 Å². The first-order valence-corrected chi connectivity index (χ1v) is 10.1. The van der Waals surface area contributed by atoms with Crippen molar-refractivity contribution in [3.8, 4) is 0 Å². The number of piperazine rings is 1. The summed E-state index contributed by atoms with van der Waals surface area (Å²) in [7, 11) is -3.69. The van der Waals surface area contributed by atoms with Crippen molar-refractivity contribution in [3.63, 3.8) is 0 Å². The molecule has 0 aliphatic carbocycles. The van der Waals surface area contributed by atoms with Gasteiger partial charge in [-0.1, -0.05) is 48.5 Å². The maximum absolute atomic E-state index is 12.8. The molecule has 3 amide bonds. The number of fused-ring (bicyclic) bond motifs is 1. The third-order valence-corrected chi connectivity index (χ3v) is 6.81. The molecule has 140 valence electrons. The Morgan fingerprint density at radius 1 is 0.889 bits per heavy atom. The van der Waals surface area contributed by atoms with Crippen LogP contribution in [0.3, 0.4) is 0 Å². The molecule has 1 atom stereocenters. The van der Waals surface area contributed by atoms with Gasteiger partial charge in [0.15, 0.2) is 0 Å². The molecule has 27 heavy (non-hydrogen) atoms. The molecule has 0 spiro atoms. The molecule has 0 radical (unpaired) electrons. The van der Waals surface area contributed by atoms with Crippen molar-refractivity contribution in [2.75, 3.05) is 19.6 Å². The molecule has 4 rings (SSSR count). The summed E-state index contributed by atoms with van der Waals surface area (Å²) in [4.78, 5) is 28.3. The number of carbonyl (C=O) groups excluding carboxylic acids is 2. The summed E-state index contributed by atoms with van der Waals surface area (Å²) in [5.74, 6) is -0.350. The van der Waals surface area contributed by atoms with Gasteiger partial charge in [-0.25, -0.2) is 13.2 Å². The SMILES string of the molecule is O=C1[C@@H]2CN(S(=O)(=O)c3ccccc3)CCN2C(=O)N1Cc1ccccc1. The normalized spacial score (nSPS) is 20.8. The van der Waals surface area contributed by atoms with E-state index in [1.54, 1.807) is 18.2 Å². The second-order valence-corrected chi connectivity index (χ2v) is 8.52. The standard InChI is InChI=1S/C19H19N3O4S/c23-18-17-14-20(27(25,26)16-9-5-2-6-10-16)11-12-21(17)19(24)22(18)13-15-7-3-1-4-8-15/h1-10,17H,11-14H2/t17-/m0/s1. The van der Waals surface area contributed by atoms with E-state index >= 15 is 0 Å². The highest BCUT2D eigenvalue weighted by Crippen LogP contribution is 2.27. The lowest BCUT2D eigenvalue weighted by Crippen LogP contribution is -2.54. The van der Waals surface area contributed by atoms with E-state index in [9.17, 15) is 18.0 Å². The van der Waals surface area contributed by atoms with Crippen LogP contribution in [-0.4, -0.2) is 60.1 Å². The quantitative estimate of drug-likeness (QED) is 0.748. The van der Waals surface area contributed by atoms with E-state index in [2.05, 4.69) is 0 Å². The number of hydrogen-bond acceptors (Lipinski definition) is 4. The minimum Gasteiger partial charge on any atom is -0.310 e. The van der Waals surface area contributed by atoms with Crippen molar-refractivity contribution in [1.29, 1.82) is 0 Å². The lowest BCUT2D eigenvalue weighted by atomic mass is 10.2. The minimum atomic E-state index is -3.69. The van der Waals surface area contributed by atoms with Crippen LogP contribution in [0.5, 0.6) is 0 Å². The number of urea groups is 1.